The Hall–Kier alpha value is -2.14. The van der Waals surface area contributed by atoms with Crippen molar-refractivity contribution in [1.29, 1.82) is 0 Å². The number of nitrogens with zero attached hydrogens (tertiary/aromatic N) is 2. The van der Waals surface area contributed by atoms with Gasteiger partial charge >= 0.3 is 0 Å². The number of rotatable bonds is 1. The van der Waals surface area contributed by atoms with Crippen molar-refractivity contribution >= 4 is 5.69 Å². The highest BCUT2D eigenvalue weighted by atomic mass is 16.1. The molecule has 19 heavy (non-hydrogen) atoms. The van der Waals surface area contributed by atoms with E-state index in [0.717, 1.165) is 26.2 Å². The SMILES string of the molecule is O=c1cccn[nH]1.c1ccc(N2CCNCC2)cc1. The number of aromatic amines is 1. The van der Waals surface area contributed by atoms with Gasteiger partial charge < -0.3 is 10.2 Å². The minimum Gasteiger partial charge on any atom is -0.369 e. The third-order valence-corrected chi connectivity index (χ3v) is 2.82. The Labute approximate surface area is 112 Å². The van der Waals surface area contributed by atoms with E-state index in [0.29, 0.717) is 0 Å². The first kappa shape index (κ1) is 13.3. The van der Waals surface area contributed by atoms with Crippen LogP contribution in [0.4, 0.5) is 5.69 Å². The predicted octanol–water partition coefficient (Wildman–Crippen LogP) is 0.866. The van der Waals surface area contributed by atoms with Crippen LogP contribution in [0, 0.1) is 0 Å². The molecular formula is C14H18N4O. The zero-order chi connectivity index (χ0) is 13.3. The molecule has 1 aliphatic heterocycles. The molecule has 5 nitrogen and oxygen atoms in total. The van der Waals surface area contributed by atoms with Crippen molar-refractivity contribution in [1.82, 2.24) is 15.5 Å². The summed E-state index contributed by atoms with van der Waals surface area (Å²) in [5, 5.41) is 9.02. The standard InChI is InChI=1S/C10H14N2.C4H4N2O/c1-2-4-10(5-3-1)12-8-6-11-7-9-12;7-4-2-1-3-5-6-4/h1-5,11H,6-9H2;1-3H,(H,6,7). The molecule has 1 aromatic carbocycles. The average molecular weight is 258 g/mol. The highest BCUT2D eigenvalue weighted by Gasteiger charge is 2.08. The first-order chi connectivity index (χ1) is 9.36. The lowest BCUT2D eigenvalue weighted by molar-refractivity contribution is 0.589. The molecule has 0 unspecified atom stereocenters. The van der Waals surface area contributed by atoms with Crippen LogP contribution in [-0.2, 0) is 0 Å². The van der Waals surface area contributed by atoms with Crippen molar-refractivity contribution in [2.24, 2.45) is 0 Å². The maximum atomic E-state index is 10.2. The Morgan fingerprint density at radius 2 is 1.74 bits per heavy atom. The molecule has 0 saturated carbocycles. The highest BCUT2D eigenvalue weighted by molar-refractivity contribution is 5.46. The summed E-state index contributed by atoms with van der Waals surface area (Å²) in [4.78, 5) is 12.6. The van der Waals surface area contributed by atoms with E-state index in [1.54, 1.807) is 6.07 Å². The smallest absolute Gasteiger partial charge is 0.264 e. The van der Waals surface area contributed by atoms with Crippen molar-refractivity contribution in [3.05, 3.63) is 59.0 Å². The van der Waals surface area contributed by atoms with E-state index in [4.69, 9.17) is 0 Å². The highest BCUT2D eigenvalue weighted by Crippen LogP contribution is 2.12. The number of hydrogen-bond acceptors (Lipinski definition) is 4. The fourth-order valence-electron chi connectivity index (χ4n) is 1.87. The van der Waals surface area contributed by atoms with Crippen molar-refractivity contribution in [2.45, 2.75) is 0 Å². The Bertz CT molecular complexity index is 503. The Morgan fingerprint density at radius 1 is 1.00 bits per heavy atom. The van der Waals surface area contributed by atoms with Crippen molar-refractivity contribution in [3.8, 4) is 0 Å². The predicted molar refractivity (Wildman–Crippen MR) is 76.4 cm³/mol. The van der Waals surface area contributed by atoms with Crippen LogP contribution in [0.25, 0.3) is 0 Å². The van der Waals surface area contributed by atoms with Gasteiger partial charge in [0.15, 0.2) is 0 Å². The summed E-state index contributed by atoms with van der Waals surface area (Å²) in [6, 6.07) is 13.6. The summed E-state index contributed by atoms with van der Waals surface area (Å²) in [6.07, 6.45) is 1.52. The van der Waals surface area contributed by atoms with Crippen LogP contribution >= 0.6 is 0 Å². The van der Waals surface area contributed by atoms with Crippen LogP contribution in [0.1, 0.15) is 0 Å². The summed E-state index contributed by atoms with van der Waals surface area (Å²) in [7, 11) is 0. The van der Waals surface area contributed by atoms with Gasteiger partial charge in [0, 0.05) is 44.1 Å². The molecule has 0 atom stereocenters. The van der Waals surface area contributed by atoms with Crippen molar-refractivity contribution in [3.63, 3.8) is 0 Å². The topological polar surface area (TPSA) is 61.0 Å². The van der Waals surface area contributed by atoms with E-state index in [-0.39, 0.29) is 5.56 Å². The van der Waals surface area contributed by atoms with Gasteiger partial charge in [-0.15, -0.1) is 0 Å². The number of aromatic nitrogens is 2. The molecule has 0 bridgehead atoms. The summed E-state index contributed by atoms with van der Waals surface area (Å²) < 4.78 is 0. The molecule has 1 aliphatic rings. The first-order valence-corrected chi connectivity index (χ1v) is 6.37. The van der Waals surface area contributed by atoms with Gasteiger partial charge in [-0.2, -0.15) is 5.10 Å². The number of anilines is 1. The van der Waals surface area contributed by atoms with E-state index >= 15 is 0 Å². The zero-order valence-electron chi connectivity index (χ0n) is 10.7. The number of para-hydroxylation sites is 1. The second kappa shape index (κ2) is 7.33. The molecule has 0 amide bonds. The van der Waals surface area contributed by atoms with Crippen molar-refractivity contribution in [2.75, 3.05) is 31.1 Å². The number of hydrogen-bond donors (Lipinski definition) is 2. The van der Waals surface area contributed by atoms with Gasteiger partial charge in [0.1, 0.15) is 0 Å². The monoisotopic (exact) mass is 258 g/mol. The summed E-state index contributed by atoms with van der Waals surface area (Å²) in [6.45, 7) is 4.47. The van der Waals surface area contributed by atoms with Gasteiger partial charge in [0.05, 0.1) is 0 Å². The Balaban J connectivity index is 0.000000163. The molecule has 1 fully saturated rings. The zero-order valence-corrected chi connectivity index (χ0v) is 10.7. The number of piperazine rings is 1. The molecule has 2 aromatic rings. The fraction of sp³-hybridized carbons (Fsp3) is 0.286. The van der Waals surface area contributed by atoms with Crippen molar-refractivity contribution < 1.29 is 0 Å². The third kappa shape index (κ3) is 4.56. The van der Waals surface area contributed by atoms with E-state index in [1.165, 1.54) is 18.0 Å². The third-order valence-electron chi connectivity index (χ3n) is 2.82. The van der Waals surface area contributed by atoms with Crippen LogP contribution in [-0.4, -0.2) is 36.4 Å². The van der Waals surface area contributed by atoms with Gasteiger partial charge in [0.25, 0.3) is 5.56 Å². The van der Waals surface area contributed by atoms with E-state index in [1.807, 2.05) is 0 Å². The quantitative estimate of drug-likeness (QED) is 0.796. The summed E-state index contributed by atoms with van der Waals surface area (Å²) in [5.74, 6) is 0. The van der Waals surface area contributed by atoms with Gasteiger partial charge in [-0.1, -0.05) is 18.2 Å². The average Bonchev–Trinajstić information content (AvgIpc) is 2.51. The lowest BCUT2D eigenvalue weighted by atomic mass is 10.2. The minimum absolute atomic E-state index is 0.164. The second-order valence-electron chi connectivity index (χ2n) is 4.19. The number of nitrogens with one attached hydrogen (secondary N) is 2. The molecule has 0 spiro atoms. The van der Waals surface area contributed by atoms with Gasteiger partial charge in [-0.25, -0.2) is 5.10 Å². The van der Waals surface area contributed by atoms with E-state index in [2.05, 4.69) is 50.7 Å². The normalized spacial score (nSPS) is 14.4. The fourth-order valence-corrected chi connectivity index (χ4v) is 1.87. The molecule has 0 aliphatic carbocycles. The number of H-pyrrole nitrogens is 1. The summed E-state index contributed by atoms with van der Waals surface area (Å²) in [5.41, 5.74) is 1.18. The molecule has 100 valence electrons. The second-order valence-corrected chi connectivity index (χ2v) is 4.19. The molecule has 2 N–H and O–H groups in total. The lowest BCUT2D eigenvalue weighted by Crippen LogP contribution is -2.43. The molecule has 1 saturated heterocycles. The first-order valence-electron chi connectivity index (χ1n) is 6.37. The van der Waals surface area contributed by atoms with Crippen LogP contribution in [0.5, 0.6) is 0 Å². The van der Waals surface area contributed by atoms with E-state index in [9.17, 15) is 4.79 Å². The Kier molecular flexibility index (Phi) is 5.13. The molecule has 0 radical (unpaired) electrons. The van der Waals surface area contributed by atoms with Crippen LogP contribution in [0.2, 0.25) is 0 Å². The molecule has 3 rings (SSSR count). The van der Waals surface area contributed by atoms with E-state index < -0.39 is 0 Å². The molecule has 1 aromatic heterocycles. The minimum atomic E-state index is -0.164. The lowest BCUT2D eigenvalue weighted by Gasteiger charge is -2.29. The largest absolute Gasteiger partial charge is 0.369 e. The molecular weight excluding hydrogens is 240 g/mol. The maximum absolute atomic E-state index is 10.2. The Morgan fingerprint density at radius 3 is 2.26 bits per heavy atom. The van der Waals surface area contributed by atoms with Crippen LogP contribution in [0.15, 0.2) is 53.5 Å². The molecule has 5 heteroatoms. The van der Waals surface area contributed by atoms with Gasteiger partial charge in [-0.3, -0.25) is 4.79 Å². The maximum Gasteiger partial charge on any atom is 0.264 e. The van der Waals surface area contributed by atoms with Crippen LogP contribution < -0.4 is 15.8 Å². The molecule has 2 heterocycles. The van der Waals surface area contributed by atoms with Gasteiger partial charge in [-0.05, 0) is 18.2 Å². The summed E-state index contributed by atoms with van der Waals surface area (Å²) >= 11 is 0. The van der Waals surface area contributed by atoms with Gasteiger partial charge in [0.2, 0.25) is 0 Å². The van der Waals surface area contributed by atoms with Crippen LogP contribution in [0.3, 0.4) is 0 Å². The number of benzene rings is 1.